The number of nitrogens with zero attached hydrogens (tertiary/aromatic N) is 4. The number of carbonyl (C=O) groups is 1. The summed E-state index contributed by atoms with van der Waals surface area (Å²) in [5.74, 6) is 1.64. The van der Waals surface area contributed by atoms with E-state index in [0.29, 0.717) is 17.9 Å². The van der Waals surface area contributed by atoms with E-state index in [0.717, 1.165) is 57.0 Å². The minimum atomic E-state index is 0.342. The first kappa shape index (κ1) is 17.3. The van der Waals surface area contributed by atoms with Gasteiger partial charge in [-0.25, -0.2) is 9.97 Å². The summed E-state index contributed by atoms with van der Waals surface area (Å²) < 4.78 is 0. The summed E-state index contributed by atoms with van der Waals surface area (Å²) in [6.45, 7) is 8.18. The SMILES string of the molecule is CC(C)c1nccc(CN2CCCC[C@H]2CCN2CCCC2=O)n1. The standard InChI is InChI=1S/C19H30N4O/c1-15(2)19-20-10-8-16(21-19)14-23-11-4-3-6-17(23)9-13-22-12-5-7-18(22)24/h8,10,15,17H,3-7,9,11-14H2,1-2H3/t17-/m0/s1. The van der Waals surface area contributed by atoms with E-state index >= 15 is 0 Å². The van der Waals surface area contributed by atoms with Gasteiger partial charge in [0.05, 0.1) is 5.69 Å². The van der Waals surface area contributed by atoms with Crippen LogP contribution in [0.5, 0.6) is 0 Å². The lowest BCUT2D eigenvalue weighted by Gasteiger charge is -2.36. The van der Waals surface area contributed by atoms with Gasteiger partial charge in [0, 0.05) is 44.2 Å². The summed E-state index contributed by atoms with van der Waals surface area (Å²) in [5.41, 5.74) is 1.12. The molecule has 0 bridgehead atoms. The average molecular weight is 330 g/mol. The summed E-state index contributed by atoms with van der Waals surface area (Å²) in [4.78, 5) is 25.5. The molecule has 1 atom stereocenters. The van der Waals surface area contributed by atoms with Gasteiger partial charge in [0.1, 0.15) is 5.82 Å². The molecule has 5 heteroatoms. The molecule has 24 heavy (non-hydrogen) atoms. The van der Waals surface area contributed by atoms with Crippen molar-refractivity contribution in [3.05, 3.63) is 23.8 Å². The Bertz CT molecular complexity index is 560. The van der Waals surface area contributed by atoms with Crippen LogP contribution < -0.4 is 0 Å². The van der Waals surface area contributed by atoms with Crippen molar-refractivity contribution < 1.29 is 4.79 Å². The zero-order chi connectivity index (χ0) is 16.9. The number of amides is 1. The van der Waals surface area contributed by atoms with Crippen LogP contribution in [0.1, 0.15) is 69.8 Å². The Kier molecular flexibility index (Phi) is 5.82. The molecule has 3 heterocycles. The van der Waals surface area contributed by atoms with Gasteiger partial charge in [0.25, 0.3) is 0 Å². The molecule has 0 spiro atoms. The Morgan fingerprint density at radius 1 is 1.25 bits per heavy atom. The lowest BCUT2D eigenvalue weighted by molar-refractivity contribution is -0.127. The molecule has 132 valence electrons. The molecule has 2 fully saturated rings. The summed E-state index contributed by atoms with van der Waals surface area (Å²) >= 11 is 0. The molecule has 1 aromatic heterocycles. The number of piperidine rings is 1. The number of hydrogen-bond donors (Lipinski definition) is 0. The summed E-state index contributed by atoms with van der Waals surface area (Å²) in [5, 5.41) is 0. The Labute approximate surface area is 145 Å². The minimum absolute atomic E-state index is 0.342. The summed E-state index contributed by atoms with van der Waals surface area (Å²) in [6.07, 6.45) is 8.56. The summed E-state index contributed by atoms with van der Waals surface area (Å²) in [7, 11) is 0. The van der Waals surface area contributed by atoms with Gasteiger partial charge in [-0.3, -0.25) is 9.69 Å². The highest BCUT2D eigenvalue weighted by Gasteiger charge is 2.26. The summed E-state index contributed by atoms with van der Waals surface area (Å²) in [6, 6.07) is 2.62. The lowest BCUT2D eigenvalue weighted by atomic mass is 9.98. The van der Waals surface area contributed by atoms with Crippen molar-refractivity contribution in [2.45, 2.75) is 70.9 Å². The molecule has 5 nitrogen and oxygen atoms in total. The van der Waals surface area contributed by atoms with Crippen LogP contribution in [-0.2, 0) is 11.3 Å². The van der Waals surface area contributed by atoms with Crippen molar-refractivity contribution in [2.24, 2.45) is 0 Å². The Morgan fingerprint density at radius 2 is 2.12 bits per heavy atom. The first-order valence-corrected chi connectivity index (χ1v) is 9.47. The third kappa shape index (κ3) is 4.32. The van der Waals surface area contributed by atoms with Crippen LogP contribution in [0.15, 0.2) is 12.3 Å². The van der Waals surface area contributed by atoms with Crippen LogP contribution in [0.3, 0.4) is 0 Å². The maximum absolute atomic E-state index is 11.8. The van der Waals surface area contributed by atoms with E-state index in [2.05, 4.69) is 23.7 Å². The molecule has 0 radical (unpaired) electrons. The fourth-order valence-corrected chi connectivity index (χ4v) is 3.83. The van der Waals surface area contributed by atoms with Gasteiger partial charge in [-0.2, -0.15) is 0 Å². The van der Waals surface area contributed by atoms with Crippen molar-refractivity contribution in [2.75, 3.05) is 19.6 Å². The Balaban J connectivity index is 1.59. The molecule has 0 unspecified atom stereocenters. The van der Waals surface area contributed by atoms with Crippen molar-refractivity contribution in [1.29, 1.82) is 0 Å². The fourth-order valence-electron chi connectivity index (χ4n) is 3.83. The predicted octanol–water partition coefficient (Wildman–Crippen LogP) is 2.97. The topological polar surface area (TPSA) is 49.3 Å². The molecule has 2 aliphatic rings. The number of aromatic nitrogens is 2. The number of rotatable bonds is 6. The maximum atomic E-state index is 11.8. The molecule has 0 aliphatic carbocycles. The monoisotopic (exact) mass is 330 g/mol. The van der Waals surface area contributed by atoms with Gasteiger partial charge >= 0.3 is 0 Å². The zero-order valence-corrected chi connectivity index (χ0v) is 15.1. The lowest BCUT2D eigenvalue weighted by Crippen LogP contribution is -2.41. The number of hydrogen-bond acceptors (Lipinski definition) is 4. The molecular formula is C19H30N4O. The van der Waals surface area contributed by atoms with Gasteiger partial charge in [-0.15, -0.1) is 0 Å². The van der Waals surface area contributed by atoms with Crippen LogP contribution in [0, 0.1) is 0 Å². The van der Waals surface area contributed by atoms with Crippen LogP contribution in [0.4, 0.5) is 0 Å². The van der Waals surface area contributed by atoms with Gasteiger partial charge in [-0.1, -0.05) is 20.3 Å². The van der Waals surface area contributed by atoms with Gasteiger partial charge < -0.3 is 4.90 Å². The Morgan fingerprint density at radius 3 is 2.88 bits per heavy atom. The molecule has 0 N–H and O–H groups in total. The van der Waals surface area contributed by atoms with E-state index in [4.69, 9.17) is 4.98 Å². The molecule has 2 saturated heterocycles. The first-order valence-electron chi connectivity index (χ1n) is 9.47. The quantitative estimate of drug-likeness (QED) is 0.804. The van der Waals surface area contributed by atoms with E-state index in [1.54, 1.807) is 0 Å². The third-order valence-corrected chi connectivity index (χ3v) is 5.27. The molecule has 1 aromatic rings. The second kappa shape index (κ2) is 8.06. The van der Waals surface area contributed by atoms with E-state index in [-0.39, 0.29) is 0 Å². The molecule has 3 rings (SSSR count). The van der Waals surface area contributed by atoms with Gasteiger partial charge in [-0.05, 0) is 38.3 Å². The van der Waals surface area contributed by atoms with E-state index in [1.807, 2.05) is 17.2 Å². The maximum Gasteiger partial charge on any atom is 0.222 e. The second-order valence-corrected chi connectivity index (χ2v) is 7.45. The smallest absolute Gasteiger partial charge is 0.222 e. The highest BCUT2D eigenvalue weighted by molar-refractivity contribution is 5.77. The second-order valence-electron chi connectivity index (χ2n) is 7.45. The number of likely N-dealkylation sites (tertiary alicyclic amines) is 2. The van der Waals surface area contributed by atoms with Crippen LogP contribution in [-0.4, -0.2) is 51.4 Å². The van der Waals surface area contributed by atoms with Crippen molar-refractivity contribution in [1.82, 2.24) is 19.8 Å². The first-order chi connectivity index (χ1) is 11.6. The van der Waals surface area contributed by atoms with E-state index < -0.39 is 0 Å². The average Bonchev–Trinajstić information content (AvgIpc) is 2.99. The van der Waals surface area contributed by atoms with Gasteiger partial charge in [0.15, 0.2) is 0 Å². The molecule has 1 amide bonds. The minimum Gasteiger partial charge on any atom is -0.343 e. The largest absolute Gasteiger partial charge is 0.343 e. The highest BCUT2D eigenvalue weighted by atomic mass is 16.2. The van der Waals surface area contributed by atoms with E-state index in [9.17, 15) is 4.79 Å². The van der Waals surface area contributed by atoms with Crippen molar-refractivity contribution >= 4 is 5.91 Å². The molecular weight excluding hydrogens is 300 g/mol. The molecule has 0 aromatic carbocycles. The third-order valence-electron chi connectivity index (χ3n) is 5.27. The van der Waals surface area contributed by atoms with E-state index in [1.165, 1.54) is 19.3 Å². The molecule has 2 aliphatic heterocycles. The van der Waals surface area contributed by atoms with Crippen molar-refractivity contribution in [3.63, 3.8) is 0 Å². The van der Waals surface area contributed by atoms with Crippen molar-refractivity contribution in [3.8, 4) is 0 Å². The van der Waals surface area contributed by atoms with Crippen LogP contribution in [0.2, 0.25) is 0 Å². The fraction of sp³-hybridized carbons (Fsp3) is 0.737. The number of carbonyl (C=O) groups excluding carboxylic acids is 1. The normalized spacial score (nSPS) is 22.5. The highest BCUT2D eigenvalue weighted by Crippen LogP contribution is 2.23. The van der Waals surface area contributed by atoms with Crippen LogP contribution in [0.25, 0.3) is 0 Å². The Hall–Kier alpha value is -1.49. The predicted molar refractivity (Wildman–Crippen MR) is 94.6 cm³/mol. The van der Waals surface area contributed by atoms with Gasteiger partial charge in [0.2, 0.25) is 5.91 Å². The molecule has 0 saturated carbocycles. The van der Waals surface area contributed by atoms with Crippen LogP contribution >= 0.6 is 0 Å². The zero-order valence-electron chi connectivity index (χ0n) is 15.1.